The summed E-state index contributed by atoms with van der Waals surface area (Å²) in [4.78, 5) is 48.3. The first-order valence-corrected chi connectivity index (χ1v) is 8.26. The first-order valence-electron chi connectivity index (χ1n) is 8.26. The standard InChI is InChI=1S/C18H22N2O6/c1-18(2,3)26-17(24)19-13-7-4-6-12(10-13)16(23)25-11-15(22)20-9-5-8-14(20)21/h4,6-7,10H,5,8-9,11H2,1-3H3,(H,19,24). The van der Waals surface area contributed by atoms with Crippen LogP contribution in [0, 0.1) is 0 Å². The van der Waals surface area contributed by atoms with Gasteiger partial charge in [-0.1, -0.05) is 6.07 Å². The average molecular weight is 362 g/mol. The summed E-state index contributed by atoms with van der Waals surface area (Å²) in [5.74, 6) is -1.52. The van der Waals surface area contributed by atoms with Gasteiger partial charge in [0.1, 0.15) is 5.60 Å². The molecule has 1 aliphatic rings. The summed E-state index contributed by atoms with van der Waals surface area (Å²) in [6.07, 6.45) is 0.306. The van der Waals surface area contributed by atoms with Crippen LogP contribution in [-0.4, -0.2) is 47.5 Å². The number of hydrogen-bond acceptors (Lipinski definition) is 6. The van der Waals surface area contributed by atoms with Gasteiger partial charge in [0.25, 0.3) is 5.91 Å². The highest BCUT2D eigenvalue weighted by Gasteiger charge is 2.27. The Bertz CT molecular complexity index is 723. The van der Waals surface area contributed by atoms with Gasteiger partial charge in [-0.2, -0.15) is 0 Å². The molecule has 26 heavy (non-hydrogen) atoms. The Labute approximate surface area is 151 Å². The lowest BCUT2D eigenvalue weighted by Gasteiger charge is -2.19. The Morgan fingerprint density at radius 1 is 1.23 bits per heavy atom. The Hall–Kier alpha value is -2.90. The Morgan fingerprint density at radius 3 is 2.58 bits per heavy atom. The fraction of sp³-hybridized carbons (Fsp3) is 0.444. The zero-order chi connectivity index (χ0) is 19.3. The quantitative estimate of drug-likeness (QED) is 0.825. The highest BCUT2D eigenvalue weighted by atomic mass is 16.6. The lowest BCUT2D eigenvalue weighted by Crippen LogP contribution is -2.35. The number of esters is 1. The molecular weight excluding hydrogens is 340 g/mol. The van der Waals surface area contributed by atoms with E-state index in [1.807, 2.05) is 0 Å². The van der Waals surface area contributed by atoms with Crippen molar-refractivity contribution in [2.75, 3.05) is 18.5 Å². The molecule has 0 bridgehead atoms. The molecule has 1 heterocycles. The van der Waals surface area contributed by atoms with Crippen molar-refractivity contribution in [3.8, 4) is 0 Å². The number of carbonyl (C=O) groups excluding carboxylic acids is 4. The van der Waals surface area contributed by atoms with Gasteiger partial charge in [-0.25, -0.2) is 9.59 Å². The maximum atomic E-state index is 12.1. The maximum absolute atomic E-state index is 12.1. The summed E-state index contributed by atoms with van der Waals surface area (Å²) < 4.78 is 10.1. The van der Waals surface area contributed by atoms with Crippen LogP contribution < -0.4 is 5.32 Å². The molecule has 8 nitrogen and oxygen atoms in total. The first-order chi connectivity index (χ1) is 12.2. The Morgan fingerprint density at radius 2 is 1.96 bits per heavy atom. The fourth-order valence-electron chi connectivity index (χ4n) is 2.35. The van der Waals surface area contributed by atoms with Gasteiger partial charge in [0.2, 0.25) is 5.91 Å². The van der Waals surface area contributed by atoms with Gasteiger partial charge in [-0.3, -0.25) is 19.8 Å². The van der Waals surface area contributed by atoms with E-state index in [1.54, 1.807) is 32.9 Å². The highest BCUT2D eigenvalue weighted by molar-refractivity contribution is 5.99. The first kappa shape index (κ1) is 19.4. The SMILES string of the molecule is CC(C)(C)OC(=O)Nc1cccc(C(=O)OCC(=O)N2CCCC2=O)c1. The molecule has 1 fully saturated rings. The normalized spacial score (nSPS) is 14.1. The van der Waals surface area contributed by atoms with Crippen LogP contribution in [-0.2, 0) is 19.1 Å². The number of nitrogens with one attached hydrogen (secondary N) is 1. The Balaban J connectivity index is 1.92. The minimum Gasteiger partial charge on any atom is -0.452 e. The summed E-state index contributed by atoms with van der Waals surface area (Å²) in [5, 5.41) is 2.52. The van der Waals surface area contributed by atoms with Crippen molar-refractivity contribution in [1.29, 1.82) is 0 Å². The van der Waals surface area contributed by atoms with Crippen molar-refractivity contribution in [1.82, 2.24) is 4.90 Å². The molecule has 2 rings (SSSR count). The van der Waals surface area contributed by atoms with Gasteiger partial charge >= 0.3 is 12.1 Å². The van der Waals surface area contributed by atoms with Gasteiger partial charge in [-0.05, 0) is 45.4 Å². The van der Waals surface area contributed by atoms with Crippen molar-refractivity contribution < 1.29 is 28.7 Å². The van der Waals surface area contributed by atoms with Crippen molar-refractivity contribution in [2.24, 2.45) is 0 Å². The molecule has 0 radical (unpaired) electrons. The number of anilines is 1. The third kappa shape index (κ3) is 5.58. The molecule has 3 amide bonds. The summed E-state index contributed by atoms with van der Waals surface area (Å²) in [7, 11) is 0. The van der Waals surface area contributed by atoms with E-state index in [4.69, 9.17) is 9.47 Å². The van der Waals surface area contributed by atoms with E-state index < -0.39 is 30.2 Å². The van der Waals surface area contributed by atoms with Crippen LogP contribution in [0.3, 0.4) is 0 Å². The number of hydrogen-bond donors (Lipinski definition) is 1. The van der Waals surface area contributed by atoms with Crippen LogP contribution in [0.2, 0.25) is 0 Å². The molecule has 140 valence electrons. The van der Waals surface area contributed by atoms with Crippen LogP contribution in [0.4, 0.5) is 10.5 Å². The van der Waals surface area contributed by atoms with Crippen molar-refractivity contribution in [2.45, 2.75) is 39.2 Å². The molecule has 0 saturated carbocycles. The number of ether oxygens (including phenoxy) is 2. The van der Waals surface area contributed by atoms with Crippen LogP contribution in [0.25, 0.3) is 0 Å². The topological polar surface area (TPSA) is 102 Å². The third-order valence-electron chi connectivity index (χ3n) is 3.44. The molecule has 1 N–H and O–H groups in total. The van der Waals surface area contributed by atoms with Gasteiger partial charge in [0.05, 0.1) is 5.56 Å². The van der Waals surface area contributed by atoms with Crippen LogP contribution in [0.5, 0.6) is 0 Å². The Kier molecular flexibility index (Phi) is 5.97. The zero-order valence-electron chi connectivity index (χ0n) is 15.0. The summed E-state index contributed by atoms with van der Waals surface area (Å²) in [6, 6.07) is 6.07. The van der Waals surface area contributed by atoms with E-state index in [2.05, 4.69) is 5.32 Å². The third-order valence-corrected chi connectivity index (χ3v) is 3.44. The molecule has 1 aromatic rings. The smallest absolute Gasteiger partial charge is 0.412 e. The minimum atomic E-state index is -0.724. The maximum Gasteiger partial charge on any atom is 0.412 e. The molecule has 0 unspecified atom stereocenters. The molecule has 1 aromatic carbocycles. The predicted molar refractivity (Wildman–Crippen MR) is 92.5 cm³/mol. The minimum absolute atomic E-state index is 0.166. The van der Waals surface area contributed by atoms with E-state index in [0.29, 0.717) is 25.1 Å². The van der Waals surface area contributed by atoms with Gasteiger partial charge < -0.3 is 9.47 Å². The number of rotatable bonds is 4. The molecule has 0 spiro atoms. The van der Waals surface area contributed by atoms with Crippen molar-refractivity contribution >= 4 is 29.6 Å². The van der Waals surface area contributed by atoms with Gasteiger partial charge in [0, 0.05) is 18.7 Å². The number of benzene rings is 1. The molecule has 0 aliphatic carbocycles. The van der Waals surface area contributed by atoms with Crippen molar-refractivity contribution in [3.63, 3.8) is 0 Å². The van der Waals surface area contributed by atoms with Crippen LogP contribution in [0.15, 0.2) is 24.3 Å². The highest BCUT2D eigenvalue weighted by Crippen LogP contribution is 2.15. The summed E-state index contributed by atoms with van der Waals surface area (Å²) >= 11 is 0. The second-order valence-corrected chi connectivity index (χ2v) is 6.83. The number of likely N-dealkylation sites (tertiary alicyclic amines) is 1. The van der Waals surface area contributed by atoms with E-state index in [9.17, 15) is 19.2 Å². The van der Waals surface area contributed by atoms with E-state index in [1.165, 1.54) is 12.1 Å². The van der Waals surface area contributed by atoms with Crippen molar-refractivity contribution in [3.05, 3.63) is 29.8 Å². The van der Waals surface area contributed by atoms with E-state index in [0.717, 1.165) is 4.90 Å². The largest absolute Gasteiger partial charge is 0.452 e. The molecule has 1 saturated heterocycles. The number of nitrogens with zero attached hydrogens (tertiary/aromatic N) is 1. The second-order valence-electron chi connectivity index (χ2n) is 6.83. The monoisotopic (exact) mass is 362 g/mol. The molecule has 0 atom stereocenters. The fourth-order valence-corrected chi connectivity index (χ4v) is 2.35. The zero-order valence-corrected chi connectivity index (χ0v) is 15.0. The second kappa shape index (κ2) is 7.99. The molecule has 8 heteroatoms. The predicted octanol–water partition coefficient (Wildman–Crippen LogP) is 2.34. The lowest BCUT2D eigenvalue weighted by molar-refractivity contribution is -0.143. The summed E-state index contributed by atoms with van der Waals surface area (Å²) in [6.45, 7) is 5.06. The van der Waals surface area contributed by atoms with Crippen LogP contribution in [0.1, 0.15) is 44.0 Å². The average Bonchev–Trinajstić information content (AvgIpc) is 2.96. The van der Waals surface area contributed by atoms with Gasteiger partial charge in [0.15, 0.2) is 6.61 Å². The van der Waals surface area contributed by atoms with Crippen LogP contribution >= 0.6 is 0 Å². The number of imide groups is 1. The molecule has 1 aliphatic heterocycles. The number of amides is 3. The molecular formula is C18H22N2O6. The van der Waals surface area contributed by atoms with E-state index in [-0.39, 0.29) is 11.5 Å². The lowest BCUT2D eigenvalue weighted by atomic mass is 10.2. The summed E-state index contributed by atoms with van der Waals surface area (Å²) in [5.41, 5.74) is -0.123. The van der Waals surface area contributed by atoms with E-state index >= 15 is 0 Å². The molecule has 0 aromatic heterocycles. The van der Waals surface area contributed by atoms with Gasteiger partial charge in [-0.15, -0.1) is 0 Å². The number of carbonyl (C=O) groups is 4.